The Morgan fingerprint density at radius 1 is 1.24 bits per heavy atom. The number of rotatable bonds is 8. The van der Waals surface area contributed by atoms with Crippen molar-refractivity contribution in [3.63, 3.8) is 0 Å². The van der Waals surface area contributed by atoms with Crippen molar-refractivity contribution in [1.82, 2.24) is 4.90 Å². The van der Waals surface area contributed by atoms with Crippen LogP contribution < -0.4 is 0 Å². The third kappa shape index (κ3) is 5.55. The average molecular weight is 293 g/mol. The standard InChI is InChI=1S/C16H23NO4/c1-12(2)17(10-4-5-15(18)19)16(20)14-8-6-13(7-9-14)11-21-3/h6-9,12H,4-5,10-11H2,1-3H3,(H,18,19). The van der Waals surface area contributed by atoms with E-state index in [0.29, 0.717) is 25.1 Å². The van der Waals surface area contributed by atoms with Gasteiger partial charge in [0.1, 0.15) is 0 Å². The SMILES string of the molecule is COCc1ccc(C(=O)N(CCCC(=O)O)C(C)C)cc1. The fourth-order valence-electron chi connectivity index (χ4n) is 2.07. The summed E-state index contributed by atoms with van der Waals surface area (Å²) in [6.07, 6.45) is 0.532. The molecule has 0 spiro atoms. The zero-order valence-corrected chi connectivity index (χ0v) is 12.8. The van der Waals surface area contributed by atoms with Gasteiger partial charge in [0, 0.05) is 31.7 Å². The molecule has 1 aromatic carbocycles. The molecule has 0 unspecified atom stereocenters. The van der Waals surface area contributed by atoms with Crippen molar-refractivity contribution < 1.29 is 19.4 Å². The second-order valence-electron chi connectivity index (χ2n) is 5.22. The minimum Gasteiger partial charge on any atom is -0.481 e. The van der Waals surface area contributed by atoms with Crippen molar-refractivity contribution in [2.45, 2.75) is 39.3 Å². The van der Waals surface area contributed by atoms with Gasteiger partial charge in [-0.15, -0.1) is 0 Å². The van der Waals surface area contributed by atoms with Crippen LogP contribution in [-0.4, -0.2) is 41.6 Å². The molecule has 5 nitrogen and oxygen atoms in total. The van der Waals surface area contributed by atoms with Crippen molar-refractivity contribution >= 4 is 11.9 Å². The molecule has 21 heavy (non-hydrogen) atoms. The van der Waals surface area contributed by atoms with Crippen LogP contribution in [-0.2, 0) is 16.1 Å². The monoisotopic (exact) mass is 293 g/mol. The van der Waals surface area contributed by atoms with Crippen LogP contribution in [0.3, 0.4) is 0 Å². The minimum absolute atomic E-state index is 0.0324. The Morgan fingerprint density at radius 2 is 1.86 bits per heavy atom. The highest BCUT2D eigenvalue weighted by atomic mass is 16.5. The second-order valence-corrected chi connectivity index (χ2v) is 5.22. The third-order valence-electron chi connectivity index (χ3n) is 3.19. The number of carboxylic acids is 1. The van der Waals surface area contributed by atoms with E-state index in [1.165, 1.54) is 0 Å². The van der Waals surface area contributed by atoms with Gasteiger partial charge in [-0.1, -0.05) is 12.1 Å². The first-order valence-corrected chi connectivity index (χ1v) is 7.06. The molecule has 1 N–H and O–H groups in total. The lowest BCUT2D eigenvalue weighted by molar-refractivity contribution is -0.137. The van der Waals surface area contributed by atoms with Crippen LogP contribution in [0.25, 0.3) is 0 Å². The Balaban J connectivity index is 2.73. The van der Waals surface area contributed by atoms with Gasteiger partial charge in [0.2, 0.25) is 0 Å². The van der Waals surface area contributed by atoms with Gasteiger partial charge in [0.05, 0.1) is 6.61 Å². The molecular weight excluding hydrogens is 270 g/mol. The lowest BCUT2D eigenvalue weighted by Gasteiger charge is -2.26. The summed E-state index contributed by atoms with van der Waals surface area (Å²) in [7, 11) is 1.63. The maximum Gasteiger partial charge on any atom is 0.303 e. The number of carbonyl (C=O) groups excluding carboxylic acids is 1. The Bertz CT molecular complexity index is 468. The highest BCUT2D eigenvalue weighted by Crippen LogP contribution is 2.12. The predicted octanol–water partition coefficient (Wildman–Crippen LogP) is 2.55. The number of benzene rings is 1. The van der Waals surface area contributed by atoms with Crippen molar-refractivity contribution in [2.75, 3.05) is 13.7 Å². The number of ether oxygens (including phenoxy) is 1. The van der Waals surface area contributed by atoms with E-state index < -0.39 is 5.97 Å². The second kappa shape index (κ2) is 8.42. The van der Waals surface area contributed by atoms with E-state index in [0.717, 1.165) is 5.56 Å². The molecule has 116 valence electrons. The fourth-order valence-corrected chi connectivity index (χ4v) is 2.07. The van der Waals surface area contributed by atoms with Gasteiger partial charge >= 0.3 is 5.97 Å². The molecule has 0 radical (unpaired) electrons. The molecule has 0 aliphatic heterocycles. The van der Waals surface area contributed by atoms with E-state index in [1.807, 2.05) is 26.0 Å². The summed E-state index contributed by atoms with van der Waals surface area (Å²) >= 11 is 0. The highest BCUT2D eigenvalue weighted by molar-refractivity contribution is 5.94. The van der Waals surface area contributed by atoms with Gasteiger partial charge in [-0.25, -0.2) is 0 Å². The third-order valence-corrected chi connectivity index (χ3v) is 3.19. The van der Waals surface area contributed by atoms with E-state index in [9.17, 15) is 9.59 Å². The quantitative estimate of drug-likeness (QED) is 0.800. The normalized spacial score (nSPS) is 10.7. The number of amides is 1. The largest absolute Gasteiger partial charge is 0.481 e. The van der Waals surface area contributed by atoms with Gasteiger partial charge in [0.25, 0.3) is 5.91 Å². The van der Waals surface area contributed by atoms with E-state index in [4.69, 9.17) is 9.84 Å². The number of aliphatic carboxylic acids is 1. The molecule has 0 saturated carbocycles. The average Bonchev–Trinajstić information content (AvgIpc) is 2.43. The lowest BCUT2D eigenvalue weighted by atomic mass is 10.1. The smallest absolute Gasteiger partial charge is 0.303 e. The van der Waals surface area contributed by atoms with E-state index in [1.54, 1.807) is 24.1 Å². The summed E-state index contributed by atoms with van der Waals surface area (Å²) in [5.74, 6) is -0.908. The Morgan fingerprint density at radius 3 is 2.33 bits per heavy atom. The molecule has 0 bridgehead atoms. The number of carboxylic acid groups (broad SMARTS) is 1. The number of nitrogens with zero attached hydrogens (tertiary/aromatic N) is 1. The molecule has 0 fully saturated rings. The van der Waals surface area contributed by atoms with Crippen molar-refractivity contribution in [1.29, 1.82) is 0 Å². The molecule has 0 aliphatic rings. The first kappa shape index (κ1) is 17.2. The Kier molecular flexibility index (Phi) is 6.88. The predicted molar refractivity (Wildman–Crippen MR) is 80.2 cm³/mol. The van der Waals surface area contributed by atoms with Crippen LogP contribution in [0.2, 0.25) is 0 Å². The van der Waals surface area contributed by atoms with Crippen LogP contribution in [0, 0.1) is 0 Å². The number of methoxy groups -OCH3 is 1. The van der Waals surface area contributed by atoms with Crippen LogP contribution in [0.5, 0.6) is 0 Å². The van der Waals surface area contributed by atoms with Crippen LogP contribution in [0.1, 0.15) is 42.6 Å². The van der Waals surface area contributed by atoms with Gasteiger partial charge in [-0.2, -0.15) is 0 Å². The molecule has 0 aromatic heterocycles. The van der Waals surface area contributed by atoms with Gasteiger partial charge < -0.3 is 14.7 Å². The van der Waals surface area contributed by atoms with Crippen LogP contribution >= 0.6 is 0 Å². The Labute approximate surface area is 125 Å². The molecule has 0 atom stereocenters. The molecule has 0 saturated heterocycles. The number of carbonyl (C=O) groups is 2. The summed E-state index contributed by atoms with van der Waals surface area (Å²) < 4.78 is 5.04. The highest BCUT2D eigenvalue weighted by Gasteiger charge is 2.18. The van der Waals surface area contributed by atoms with Gasteiger partial charge in [-0.3, -0.25) is 9.59 Å². The molecule has 5 heteroatoms. The fraction of sp³-hybridized carbons (Fsp3) is 0.500. The van der Waals surface area contributed by atoms with Crippen LogP contribution in [0.15, 0.2) is 24.3 Å². The van der Waals surface area contributed by atoms with Crippen molar-refractivity contribution in [3.8, 4) is 0 Å². The maximum atomic E-state index is 12.5. The Hall–Kier alpha value is -1.88. The zero-order valence-electron chi connectivity index (χ0n) is 12.8. The first-order valence-electron chi connectivity index (χ1n) is 7.06. The first-order chi connectivity index (χ1) is 9.95. The van der Waals surface area contributed by atoms with Crippen LogP contribution in [0.4, 0.5) is 0 Å². The summed E-state index contributed by atoms with van der Waals surface area (Å²) in [6, 6.07) is 7.33. The van der Waals surface area contributed by atoms with E-state index >= 15 is 0 Å². The lowest BCUT2D eigenvalue weighted by Crippen LogP contribution is -2.37. The summed E-state index contributed by atoms with van der Waals surface area (Å²) in [4.78, 5) is 24.8. The number of hydrogen-bond donors (Lipinski definition) is 1. The van der Waals surface area contributed by atoms with Gasteiger partial charge in [0.15, 0.2) is 0 Å². The zero-order chi connectivity index (χ0) is 15.8. The molecule has 1 rings (SSSR count). The molecule has 1 amide bonds. The number of hydrogen-bond acceptors (Lipinski definition) is 3. The van der Waals surface area contributed by atoms with Crippen molar-refractivity contribution in [2.24, 2.45) is 0 Å². The molecular formula is C16H23NO4. The summed E-state index contributed by atoms with van der Waals surface area (Å²) in [5.41, 5.74) is 1.62. The van der Waals surface area contributed by atoms with Crippen molar-refractivity contribution in [3.05, 3.63) is 35.4 Å². The molecule has 1 aromatic rings. The van der Waals surface area contributed by atoms with Gasteiger partial charge in [-0.05, 0) is 38.0 Å². The molecule has 0 aliphatic carbocycles. The maximum absolute atomic E-state index is 12.5. The van der Waals surface area contributed by atoms with E-state index in [-0.39, 0.29) is 18.4 Å². The molecule has 0 heterocycles. The minimum atomic E-state index is -0.838. The summed E-state index contributed by atoms with van der Waals surface area (Å²) in [5, 5.41) is 8.69. The van der Waals surface area contributed by atoms with E-state index in [2.05, 4.69) is 0 Å². The summed E-state index contributed by atoms with van der Waals surface area (Å²) in [6.45, 7) is 4.82. The topological polar surface area (TPSA) is 66.8 Å².